The number of amides is 1. The Labute approximate surface area is 122 Å². The second-order valence-corrected chi connectivity index (χ2v) is 5.44. The zero-order valence-electron chi connectivity index (χ0n) is 11.8. The molecule has 1 aliphatic heterocycles. The quantitative estimate of drug-likeness (QED) is 0.911. The maximum Gasteiger partial charge on any atom is 0.308 e. The standard InChI is InChI=1S/C15H17N3O3/c1-10-12(15(20)21)3-2-7-18(10)14(19)11-4-5-13-16-6-8-17(13)9-11/h4-6,8-10,12H,2-3,7H2,1H3,(H,20,21)/t10-,12-/m1/s1. The van der Waals surface area contributed by atoms with Crippen molar-refractivity contribution in [1.29, 1.82) is 0 Å². The number of hydrogen-bond donors (Lipinski definition) is 1. The minimum Gasteiger partial charge on any atom is -0.481 e. The van der Waals surface area contributed by atoms with Crippen LogP contribution in [0.1, 0.15) is 30.1 Å². The summed E-state index contributed by atoms with van der Waals surface area (Å²) >= 11 is 0. The zero-order valence-corrected chi connectivity index (χ0v) is 11.8. The molecule has 21 heavy (non-hydrogen) atoms. The Kier molecular flexibility index (Phi) is 3.37. The number of carbonyl (C=O) groups excluding carboxylic acids is 1. The van der Waals surface area contributed by atoms with E-state index >= 15 is 0 Å². The van der Waals surface area contributed by atoms with Gasteiger partial charge in [0.05, 0.1) is 11.5 Å². The molecule has 0 aromatic carbocycles. The Bertz CT molecular complexity index is 694. The smallest absolute Gasteiger partial charge is 0.308 e. The third-order valence-electron chi connectivity index (χ3n) is 4.20. The number of rotatable bonds is 2. The highest BCUT2D eigenvalue weighted by Crippen LogP contribution is 2.25. The van der Waals surface area contributed by atoms with E-state index in [0.717, 1.165) is 12.1 Å². The van der Waals surface area contributed by atoms with Crippen molar-refractivity contribution in [2.75, 3.05) is 6.54 Å². The fourth-order valence-corrected chi connectivity index (χ4v) is 2.97. The van der Waals surface area contributed by atoms with Crippen LogP contribution in [0.3, 0.4) is 0 Å². The van der Waals surface area contributed by atoms with Crippen molar-refractivity contribution < 1.29 is 14.7 Å². The van der Waals surface area contributed by atoms with E-state index < -0.39 is 11.9 Å². The van der Waals surface area contributed by atoms with Gasteiger partial charge in [0.1, 0.15) is 5.65 Å². The van der Waals surface area contributed by atoms with Crippen LogP contribution in [-0.4, -0.2) is 43.9 Å². The number of likely N-dealkylation sites (tertiary alicyclic amines) is 1. The molecule has 0 saturated carbocycles. The van der Waals surface area contributed by atoms with E-state index in [1.165, 1.54) is 0 Å². The fourth-order valence-electron chi connectivity index (χ4n) is 2.97. The maximum absolute atomic E-state index is 12.6. The number of carboxylic acids is 1. The number of aromatic nitrogens is 2. The van der Waals surface area contributed by atoms with Gasteiger partial charge in [-0.25, -0.2) is 4.98 Å². The number of hydrogen-bond acceptors (Lipinski definition) is 3. The van der Waals surface area contributed by atoms with Crippen LogP contribution in [0.4, 0.5) is 0 Å². The minimum absolute atomic E-state index is 0.121. The largest absolute Gasteiger partial charge is 0.481 e. The first-order valence-electron chi connectivity index (χ1n) is 7.04. The molecule has 1 amide bonds. The summed E-state index contributed by atoms with van der Waals surface area (Å²) in [6, 6.07) is 3.24. The number of piperidine rings is 1. The molecular formula is C15H17N3O3. The van der Waals surface area contributed by atoms with Gasteiger partial charge in [0.25, 0.3) is 5.91 Å². The van der Waals surface area contributed by atoms with Gasteiger partial charge in [0, 0.05) is 31.2 Å². The molecule has 6 heteroatoms. The molecule has 0 aliphatic carbocycles. The van der Waals surface area contributed by atoms with E-state index in [0.29, 0.717) is 18.5 Å². The van der Waals surface area contributed by atoms with Crippen molar-refractivity contribution in [3.05, 3.63) is 36.3 Å². The summed E-state index contributed by atoms with van der Waals surface area (Å²) in [4.78, 5) is 29.7. The maximum atomic E-state index is 12.6. The summed E-state index contributed by atoms with van der Waals surface area (Å²) in [5, 5.41) is 9.24. The van der Waals surface area contributed by atoms with Crippen LogP contribution in [0.15, 0.2) is 30.7 Å². The summed E-state index contributed by atoms with van der Waals surface area (Å²) in [5.41, 5.74) is 1.33. The molecule has 1 aliphatic rings. The SMILES string of the molecule is C[C@@H]1[C@H](C(=O)O)CCCN1C(=O)c1ccc2nccn2c1. The molecule has 3 heterocycles. The number of carbonyl (C=O) groups is 2. The highest BCUT2D eigenvalue weighted by atomic mass is 16.4. The molecular weight excluding hydrogens is 270 g/mol. The molecule has 0 bridgehead atoms. The molecule has 0 unspecified atom stereocenters. The van der Waals surface area contributed by atoms with Gasteiger partial charge in [-0.1, -0.05) is 0 Å². The van der Waals surface area contributed by atoms with Crippen molar-refractivity contribution in [3.8, 4) is 0 Å². The number of aliphatic carboxylic acids is 1. The van der Waals surface area contributed by atoms with Gasteiger partial charge in [-0.2, -0.15) is 0 Å². The fraction of sp³-hybridized carbons (Fsp3) is 0.400. The predicted molar refractivity (Wildman–Crippen MR) is 76.1 cm³/mol. The van der Waals surface area contributed by atoms with Gasteiger partial charge >= 0.3 is 5.97 Å². The average Bonchev–Trinajstić information content (AvgIpc) is 2.93. The highest BCUT2D eigenvalue weighted by Gasteiger charge is 2.35. The summed E-state index contributed by atoms with van der Waals surface area (Å²) in [6.45, 7) is 2.41. The van der Waals surface area contributed by atoms with E-state index in [2.05, 4.69) is 4.98 Å². The average molecular weight is 287 g/mol. The third kappa shape index (κ3) is 2.37. The Morgan fingerprint density at radius 2 is 2.19 bits per heavy atom. The normalized spacial score (nSPS) is 22.4. The van der Waals surface area contributed by atoms with Crippen LogP contribution in [0, 0.1) is 5.92 Å². The van der Waals surface area contributed by atoms with Gasteiger partial charge in [-0.15, -0.1) is 0 Å². The molecule has 0 spiro atoms. The van der Waals surface area contributed by atoms with Crippen LogP contribution in [-0.2, 0) is 4.79 Å². The van der Waals surface area contributed by atoms with E-state index in [-0.39, 0.29) is 11.9 Å². The van der Waals surface area contributed by atoms with Crippen LogP contribution < -0.4 is 0 Å². The molecule has 0 radical (unpaired) electrons. The van der Waals surface area contributed by atoms with Crippen LogP contribution in [0.5, 0.6) is 0 Å². The summed E-state index contributed by atoms with van der Waals surface area (Å²) < 4.78 is 1.79. The van der Waals surface area contributed by atoms with Crippen molar-refractivity contribution >= 4 is 17.5 Å². The van der Waals surface area contributed by atoms with Crippen LogP contribution in [0.25, 0.3) is 5.65 Å². The first-order valence-corrected chi connectivity index (χ1v) is 7.04. The van der Waals surface area contributed by atoms with Gasteiger partial charge in [-0.3, -0.25) is 9.59 Å². The molecule has 1 fully saturated rings. The molecule has 6 nitrogen and oxygen atoms in total. The van der Waals surface area contributed by atoms with Crippen LogP contribution in [0.2, 0.25) is 0 Å². The topological polar surface area (TPSA) is 74.9 Å². The van der Waals surface area contributed by atoms with Gasteiger partial charge in [-0.05, 0) is 31.9 Å². The van der Waals surface area contributed by atoms with E-state index in [1.807, 2.05) is 6.92 Å². The third-order valence-corrected chi connectivity index (χ3v) is 4.20. The molecule has 2 aromatic rings. The number of fused-ring (bicyclic) bond motifs is 1. The van der Waals surface area contributed by atoms with Gasteiger partial charge in [0.2, 0.25) is 0 Å². The molecule has 1 saturated heterocycles. The lowest BCUT2D eigenvalue weighted by molar-refractivity contribution is -0.144. The first-order chi connectivity index (χ1) is 10.1. The Hall–Kier alpha value is -2.37. The van der Waals surface area contributed by atoms with Crippen molar-refractivity contribution in [1.82, 2.24) is 14.3 Å². The summed E-state index contributed by atoms with van der Waals surface area (Å²) in [6.07, 6.45) is 6.54. The van der Waals surface area contributed by atoms with E-state index in [9.17, 15) is 14.7 Å². The molecule has 2 atom stereocenters. The number of pyridine rings is 1. The first kappa shape index (κ1) is 13.6. The van der Waals surface area contributed by atoms with Crippen molar-refractivity contribution in [3.63, 3.8) is 0 Å². The minimum atomic E-state index is -0.829. The number of carboxylic acid groups (broad SMARTS) is 1. The Morgan fingerprint density at radius 1 is 1.38 bits per heavy atom. The molecule has 3 rings (SSSR count). The predicted octanol–water partition coefficient (Wildman–Crippen LogP) is 1.66. The monoisotopic (exact) mass is 287 g/mol. The number of imidazole rings is 1. The summed E-state index contributed by atoms with van der Waals surface area (Å²) in [7, 11) is 0. The van der Waals surface area contributed by atoms with Gasteiger partial charge < -0.3 is 14.4 Å². The Morgan fingerprint density at radius 3 is 2.95 bits per heavy atom. The zero-order chi connectivity index (χ0) is 15.0. The number of nitrogens with zero attached hydrogens (tertiary/aromatic N) is 3. The van der Waals surface area contributed by atoms with Gasteiger partial charge in [0.15, 0.2) is 0 Å². The lowest BCUT2D eigenvalue weighted by atomic mass is 9.90. The second kappa shape index (κ2) is 5.20. The van der Waals surface area contributed by atoms with Crippen molar-refractivity contribution in [2.45, 2.75) is 25.8 Å². The van der Waals surface area contributed by atoms with Crippen molar-refractivity contribution in [2.24, 2.45) is 5.92 Å². The molecule has 1 N–H and O–H groups in total. The Balaban J connectivity index is 1.88. The molecule has 110 valence electrons. The van der Waals surface area contributed by atoms with E-state index in [4.69, 9.17) is 0 Å². The van der Waals surface area contributed by atoms with E-state index in [1.54, 1.807) is 40.0 Å². The highest BCUT2D eigenvalue weighted by molar-refractivity contribution is 5.94. The lowest BCUT2D eigenvalue weighted by Crippen LogP contribution is -2.49. The molecule has 2 aromatic heterocycles. The summed E-state index contributed by atoms with van der Waals surface area (Å²) in [5.74, 6) is -1.44. The van der Waals surface area contributed by atoms with Crippen LogP contribution >= 0.6 is 0 Å². The lowest BCUT2D eigenvalue weighted by Gasteiger charge is -2.37. The second-order valence-electron chi connectivity index (χ2n) is 5.44.